The summed E-state index contributed by atoms with van der Waals surface area (Å²) in [5.74, 6) is -0.260. The molecule has 1 aliphatic rings. The molecule has 0 unspecified atom stereocenters. The van der Waals surface area contributed by atoms with Gasteiger partial charge in [-0.1, -0.05) is 61.0 Å². The molecular weight excluding hydrogens is 488 g/mol. The lowest BCUT2D eigenvalue weighted by molar-refractivity contribution is 0.0971. The van der Waals surface area contributed by atoms with Crippen LogP contribution >= 0.6 is 27.3 Å². The van der Waals surface area contributed by atoms with E-state index < -0.39 is 6.04 Å². The summed E-state index contributed by atoms with van der Waals surface area (Å²) >= 11 is 4.81. The van der Waals surface area contributed by atoms with E-state index in [-0.39, 0.29) is 22.5 Å². The first-order valence-electron chi connectivity index (χ1n) is 10.3. The fourth-order valence-electron chi connectivity index (χ4n) is 4.08. The molecule has 7 heteroatoms. The third kappa shape index (κ3) is 3.31. The number of rotatable bonds is 2. The Labute approximate surface area is 197 Å². The number of carbonyl (C=O) groups excluding carboxylic acids is 1. The second kappa shape index (κ2) is 7.39. The molecular formula is C25H21BrN2O3S. The van der Waals surface area contributed by atoms with Crippen LogP contribution in [0, 0.1) is 6.92 Å². The van der Waals surface area contributed by atoms with Gasteiger partial charge in [-0.15, -0.1) is 11.3 Å². The third-order valence-corrected chi connectivity index (χ3v) is 7.19. The zero-order chi connectivity index (χ0) is 22.8. The number of anilines is 1. The summed E-state index contributed by atoms with van der Waals surface area (Å²) in [6.45, 7) is 8.34. The predicted octanol–water partition coefficient (Wildman–Crippen LogP) is 6.37. The highest BCUT2D eigenvalue weighted by Crippen LogP contribution is 2.42. The van der Waals surface area contributed by atoms with E-state index in [0.29, 0.717) is 21.7 Å². The average Bonchev–Trinajstić information content (AvgIpc) is 3.29. The van der Waals surface area contributed by atoms with Gasteiger partial charge in [-0.2, -0.15) is 0 Å². The Balaban J connectivity index is 1.77. The summed E-state index contributed by atoms with van der Waals surface area (Å²) in [7, 11) is 0. The van der Waals surface area contributed by atoms with Crippen molar-refractivity contribution in [3.63, 3.8) is 0 Å². The molecule has 1 aliphatic heterocycles. The molecule has 2 aromatic heterocycles. The van der Waals surface area contributed by atoms with Crippen LogP contribution in [-0.4, -0.2) is 10.9 Å². The van der Waals surface area contributed by atoms with Crippen molar-refractivity contribution in [2.45, 2.75) is 39.2 Å². The van der Waals surface area contributed by atoms with Crippen LogP contribution in [0.15, 0.2) is 61.5 Å². The predicted molar refractivity (Wildman–Crippen MR) is 131 cm³/mol. The Morgan fingerprint density at radius 1 is 1.09 bits per heavy atom. The van der Waals surface area contributed by atoms with E-state index in [1.165, 1.54) is 16.9 Å². The first-order chi connectivity index (χ1) is 15.1. The molecule has 1 amide bonds. The summed E-state index contributed by atoms with van der Waals surface area (Å²) in [6, 6.07) is 12.7. The van der Waals surface area contributed by atoms with Crippen LogP contribution in [0.5, 0.6) is 0 Å². The minimum Gasteiger partial charge on any atom is -0.450 e. The number of aryl methyl sites for hydroxylation is 1. The number of hydrogen-bond acceptors (Lipinski definition) is 5. The molecule has 0 saturated carbocycles. The molecule has 2 aromatic carbocycles. The van der Waals surface area contributed by atoms with Crippen molar-refractivity contribution in [3.8, 4) is 0 Å². The van der Waals surface area contributed by atoms with E-state index in [4.69, 9.17) is 4.42 Å². The monoisotopic (exact) mass is 508 g/mol. The summed E-state index contributed by atoms with van der Waals surface area (Å²) in [5, 5.41) is 2.89. The van der Waals surface area contributed by atoms with Crippen LogP contribution in [0.25, 0.3) is 11.0 Å². The van der Waals surface area contributed by atoms with Gasteiger partial charge in [0.05, 0.1) is 22.7 Å². The van der Waals surface area contributed by atoms with Gasteiger partial charge in [0.1, 0.15) is 5.58 Å². The molecule has 0 saturated heterocycles. The molecule has 0 bridgehead atoms. The first kappa shape index (κ1) is 21.1. The Morgan fingerprint density at radius 3 is 2.44 bits per heavy atom. The molecule has 5 rings (SSSR count). The summed E-state index contributed by atoms with van der Waals surface area (Å²) in [4.78, 5) is 33.3. The van der Waals surface area contributed by atoms with Crippen LogP contribution in [0.1, 0.15) is 59.8 Å². The minimum absolute atomic E-state index is 0.00442. The molecule has 4 aromatic rings. The zero-order valence-electron chi connectivity index (χ0n) is 18.1. The molecule has 0 radical (unpaired) electrons. The Bertz CT molecular complexity index is 1430. The van der Waals surface area contributed by atoms with Crippen molar-refractivity contribution < 1.29 is 9.21 Å². The van der Waals surface area contributed by atoms with E-state index in [9.17, 15) is 9.59 Å². The number of benzene rings is 2. The number of aromatic nitrogens is 1. The molecule has 1 atom stereocenters. The van der Waals surface area contributed by atoms with E-state index >= 15 is 0 Å². The lowest BCUT2D eigenvalue weighted by atomic mass is 9.86. The van der Waals surface area contributed by atoms with Crippen molar-refractivity contribution in [2.75, 3.05) is 4.90 Å². The second-order valence-electron chi connectivity index (χ2n) is 9.04. The van der Waals surface area contributed by atoms with Crippen molar-refractivity contribution in [1.29, 1.82) is 0 Å². The number of fused-ring (bicyclic) bond motifs is 2. The molecule has 32 heavy (non-hydrogen) atoms. The van der Waals surface area contributed by atoms with E-state index in [1.54, 1.807) is 23.1 Å². The van der Waals surface area contributed by atoms with Crippen LogP contribution < -0.4 is 10.3 Å². The van der Waals surface area contributed by atoms with Gasteiger partial charge in [-0.3, -0.25) is 14.5 Å². The van der Waals surface area contributed by atoms with Gasteiger partial charge >= 0.3 is 0 Å². The van der Waals surface area contributed by atoms with E-state index in [0.717, 1.165) is 15.7 Å². The third-order valence-electron chi connectivity index (χ3n) is 5.74. The molecule has 5 nitrogen and oxygen atoms in total. The standard InChI is InChI=1S/C25H21BrN2O3S/c1-13-12-32-24(27-13)28-20(14-5-7-15(8-6-14)25(2,3)4)19-21(29)17-11-16(26)9-10-18(17)31-22(19)23(28)30/h5-12,20H,1-4H3/t20-/m1/s1. The fourth-order valence-corrected chi connectivity index (χ4v) is 5.26. The molecule has 0 fully saturated rings. The van der Waals surface area contributed by atoms with Gasteiger partial charge in [-0.05, 0) is 41.7 Å². The van der Waals surface area contributed by atoms with Crippen LogP contribution in [-0.2, 0) is 5.41 Å². The van der Waals surface area contributed by atoms with Crippen LogP contribution in [0.2, 0.25) is 0 Å². The zero-order valence-corrected chi connectivity index (χ0v) is 20.5. The highest BCUT2D eigenvalue weighted by atomic mass is 79.9. The number of nitrogens with zero attached hydrogens (tertiary/aromatic N) is 2. The molecule has 0 aliphatic carbocycles. The topological polar surface area (TPSA) is 63.4 Å². The number of carbonyl (C=O) groups is 1. The quantitative estimate of drug-likeness (QED) is 0.315. The van der Waals surface area contributed by atoms with Gasteiger partial charge in [0.15, 0.2) is 10.6 Å². The average molecular weight is 509 g/mol. The second-order valence-corrected chi connectivity index (χ2v) is 10.8. The molecule has 162 valence electrons. The van der Waals surface area contributed by atoms with Crippen molar-refractivity contribution in [1.82, 2.24) is 4.98 Å². The lowest BCUT2D eigenvalue weighted by Gasteiger charge is -2.24. The Morgan fingerprint density at radius 2 is 1.81 bits per heavy atom. The number of thiazole rings is 1. The van der Waals surface area contributed by atoms with Gasteiger partial charge in [0, 0.05) is 9.85 Å². The maximum absolute atomic E-state index is 13.6. The SMILES string of the molecule is Cc1csc(N2C(=O)c3oc4ccc(Br)cc4c(=O)c3[C@H]2c2ccc(C(C)(C)C)cc2)n1. The molecule has 0 spiro atoms. The number of amides is 1. The Hall–Kier alpha value is -2.77. The van der Waals surface area contributed by atoms with Gasteiger partial charge < -0.3 is 4.42 Å². The largest absolute Gasteiger partial charge is 0.450 e. The summed E-state index contributed by atoms with van der Waals surface area (Å²) in [5.41, 5.74) is 3.40. The highest BCUT2D eigenvalue weighted by molar-refractivity contribution is 9.10. The highest BCUT2D eigenvalue weighted by Gasteiger charge is 2.44. The van der Waals surface area contributed by atoms with Gasteiger partial charge in [-0.25, -0.2) is 4.98 Å². The molecule has 0 N–H and O–H groups in total. The Kier molecular flexibility index (Phi) is 4.87. The van der Waals surface area contributed by atoms with E-state index in [2.05, 4.69) is 53.8 Å². The molecule has 3 heterocycles. The number of halogens is 1. The van der Waals surface area contributed by atoms with Gasteiger partial charge in [0.25, 0.3) is 5.91 Å². The maximum Gasteiger partial charge on any atom is 0.297 e. The number of hydrogen-bond donors (Lipinski definition) is 0. The maximum atomic E-state index is 13.6. The van der Waals surface area contributed by atoms with Gasteiger partial charge in [0.2, 0.25) is 5.76 Å². The van der Waals surface area contributed by atoms with E-state index in [1.807, 2.05) is 24.4 Å². The summed E-state index contributed by atoms with van der Waals surface area (Å²) < 4.78 is 6.78. The van der Waals surface area contributed by atoms with Crippen LogP contribution in [0.4, 0.5) is 5.13 Å². The smallest absolute Gasteiger partial charge is 0.297 e. The van der Waals surface area contributed by atoms with Crippen LogP contribution in [0.3, 0.4) is 0 Å². The first-order valence-corrected chi connectivity index (χ1v) is 11.9. The van der Waals surface area contributed by atoms with Crippen molar-refractivity contribution in [2.24, 2.45) is 0 Å². The normalized spacial score (nSPS) is 16.1. The minimum atomic E-state index is -0.600. The fraction of sp³-hybridized carbons (Fsp3) is 0.240. The summed E-state index contributed by atoms with van der Waals surface area (Å²) in [6.07, 6.45) is 0. The van der Waals surface area contributed by atoms with Crippen molar-refractivity contribution >= 4 is 49.3 Å². The van der Waals surface area contributed by atoms with Crippen molar-refractivity contribution in [3.05, 3.63) is 90.7 Å². The lowest BCUT2D eigenvalue weighted by Crippen LogP contribution is -2.29.